The van der Waals surface area contributed by atoms with E-state index in [1.807, 2.05) is 0 Å². The van der Waals surface area contributed by atoms with Crippen LogP contribution in [-0.4, -0.2) is 50.3 Å². The monoisotopic (exact) mass is 416 g/mol. The van der Waals surface area contributed by atoms with Gasteiger partial charge in [0.2, 0.25) is 0 Å². The zero-order chi connectivity index (χ0) is 21.3. The normalized spacial score (nSPS) is 16.5. The number of rotatable bonds is 0. The molecule has 0 N–H and O–H groups in total. The van der Waals surface area contributed by atoms with Crippen LogP contribution in [0.2, 0.25) is 0 Å². The van der Waals surface area contributed by atoms with Crippen molar-refractivity contribution in [3.8, 4) is 0 Å². The Labute approximate surface area is 170 Å². The van der Waals surface area contributed by atoms with Gasteiger partial charge in [-0.3, -0.25) is 9.78 Å². The van der Waals surface area contributed by atoms with Crippen LogP contribution in [-0.2, 0) is 29.0 Å². The Morgan fingerprint density at radius 3 is 1.07 bits per heavy atom. The van der Waals surface area contributed by atoms with Crippen molar-refractivity contribution in [1.29, 1.82) is 0 Å². The fourth-order valence-corrected chi connectivity index (χ4v) is 2.27. The van der Waals surface area contributed by atoms with Crippen molar-refractivity contribution in [1.82, 2.24) is 0 Å². The summed E-state index contributed by atoms with van der Waals surface area (Å²) >= 11 is 0. The van der Waals surface area contributed by atoms with Crippen LogP contribution in [0.15, 0.2) is 48.5 Å². The zero-order valence-electron chi connectivity index (χ0n) is 15.5. The molecule has 2 aromatic carbocycles. The summed E-state index contributed by atoms with van der Waals surface area (Å²) in [6.45, 7) is 0.148. The highest BCUT2D eigenvalue weighted by Crippen LogP contribution is 2.10. The highest BCUT2D eigenvalue weighted by Gasteiger charge is 2.14. The van der Waals surface area contributed by atoms with Crippen LogP contribution in [0.4, 0.5) is 0 Å². The molecule has 10 heteroatoms. The number of esters is 2. The Morgan fingerprint density at radius 2 is 0.733 bits per heavy atom. The number of benzene rings is 2. The average molecular weight is 416 g/mol. The number of hydrogen-bond donors (Lipinski definition) is 0. The lowest BCUT2D eigenvalue weighted by Crippen LogP contribution is -2.11. The van der Waals surface area contributed by atoms with E-state index in [1.165, 1.54) is 48.5 Å². The second kappa shape index (κ2) is 10.1. The van der Waals surface area contributed by atoms with E-state index in [9.17, 15) is 19.2 Å². The largest absolute Gasteiger partial charge is 0.459 e. The summed E-state index contributed by atoms with van der Waals surface area (Å²) in [5.74, 6) is -2.06. The van der Waals surface area contributed by atoms with Gasteiger partial charge >= 0.3 is 23.9 Å². The summed E-state index contributed by atoms with van der Waals surface area (Å²) in [6, 6.07) is 11.9. The van der Waals surface area contributed by atoms with Gasteiger partial charge in [-0.05, 0) is 48.5 Å². The van der Waals surface area contributed by atoms with Crippen molar-refractivity contribution in [2.45, 2.75) is 0 Å². The van der Waals surface area contributed by atoms with Crippen LogP contribution < -0.4 is 0 Å². The molecule has 4 heterocycles. The molecule has 0 unspecified atom stereocenters. The summed E-state index contributed by atoms with van der Waals surface area (Å²) in [5.41, 5.74) is 1.45. The molecule has 0 fully saturated rings. The van der Waals surface area contributed by atoms with E-state index in [-0.39, 0.29) is 26.4 Å². The number of carbonyl (C=O) groups excluding carboxylic acids is 4. The Bertz CT molecular complexity index is 766. The number of hydrogen-bond acceptors (Lipinski definition) is 10. The van der Waals surface area contributed by atoms with E-state index in [0.29, 0.717) is 22.3 Å². The Morgan fingerprint density at radius 1 is 0.433 bits per heavy atom. The third-order valence-corrected chi connectivity index (χ3v) is 3.78. The summed E-state index contributed by atoms with van der Waals surface area (Å²) in [7, 11) is 0. The van der Waals surface area contributed by atoms with Gasteiger partial charge in [-0.1, -0.05) is 0 Å². The molecule has 4 bridgehead atoms. The molecule has 156 valence electrons. The minimum Gasteiger partial charge on any atom is -0.459 e. The fraction of sp³-hybridized carbons (Fsp3) is 0.200. The Kier molecular flexibility index (Phi) is 7.09. The van der Waals surface area contributed by atoms with E-state index in [4.69, 9.17) is 9.47 Å². The number of carbonyl (C=O) groups is 4. The molecular weight excluding hydrogens is 400 g/mol. The van der Waals surface area contributed by atoms with Gasteiger partial charge in [-0.2, -0.15) is 9.78 Å². The van der Waals surface area contributed by atoms with Gasteiger partial charge < -0.3 is 9.47 Å². The summed E-state index contributed by atoms with van der Waals surface area (Å²) in [4.78, 5) is 63.2. The van der Waals surface area contributed by atoms with Gasteiger partial charge in [0.15, 0.2) is 0 Å². The maximum atomic E-state index is 11.3. The first kappa shape index (κ1) is 21.0. The lowest BCUT2D eigenvalue weighted by molar-refractivity contribution is -0.244. The van der Waals surface area contributed by atoms with Crippen molar-refractivity contribution in [3.05, 3.63) is 70.8 Å². The lowest BCUT2D eigenvalue weighted by atomic mass is 10.1. The SMILES string of the molecule is O=C1OCCOOC(=O)c2ccc1cc2.O=C1OCCOOC(=O)c2ccc1cc2. The fourth-order valence-electron chi connectivity index (χ4n) is 2.27. The molecule has 4 aliphatic heterocycles. The van der Waals surface area contributed by atoms with Gasteiger partial charge in [0.25, 0.3) is 0 Å². The number of fused-ring (bicyclic) bond motifs is 16. The Hall–Kier alpha value is -3.76. The van der Waals surface area contributed by atoms with Crippen molar-refractivity contribution in [2.24, 2.45) is 0 Å². The van der Waals surface area contributed by atoms with Crippen molar-refractivity contribution >= 4 is 23.9 Å². The highest BCUT2D eigenvalue weighted by atomic mass is 17.2. The molecule has 6 rings (SSSR count). The maximum absolute atomic E-state index is 11.3. The molecule has 4 aliphatic rings. The van der Waals surface area contributed by atoms with Crippen LogP contribution >= 0.6 is 0 Å². The molecule has 0 radical (unpaired) electrons. The molecule has 0 aromatic heterocycles. The van der Waals surface area contributed by atoms with E-state index < -0.39 is 23.9 Å². The number of ether oxygens (including phenoxy) is 2. The van der Waals surface area contributed by atoms with Crippen molar-refractivity contribution < 1.29 is 48.2 Å². The highest BCUT2D eigenvalue weighted by molar-refractivity contribution is 5.94. The van der Waals surface area contributed by atoms with Gasteiger partial charge in [-0.25, -0.2) is 19.2 Å². The molecule has 0 atom stereocenters. The van der Waals surface area contributed by atoms with Gasteiger partial charge in [0, 0.05) is 0 Å². The maximum Gasteiger partial charge on any atom is 0.373 e. The van der Waals surface area contributed by atoms with E-state index in [2.05, 4.69) is 19.6 Å². The molecule has 0 spiro atoms. The van der Waals surface area contributed by atoms with Gasteiger partial charge in [0.05, 0.1) is 22.3 Å². The smallest absolute Gasteiger partial charge is 0.373 e. The van der Waals surface area contributed by atoms with Crippen LogP contribution in [0.3, 0.4) is 0 Å². The quantitative estimate of drug-likeness (QED) is 0.464. The standard InChI is InChI=1S/2C10H8O5/c2*11-9-7-1-3-8(4-2-7)10(12)15-14-6-5-13-9/h2*1-4H,5-6H2. The summed E-state index contributed by atoms with van der Waals surface area (Å²) in [5, 5.41) is 0. The second-order valence-corrected chi connectivity index (χ2v) is 5.81. The van der Waals surface area contributed by atoms with Crippen LogP contribution in [0, 0.1) is 0 Å². The molecule has 2 aromatic rings. The van der Waals surface area contributed by atoms with E-state index >= 15 is 0 Å². The van der Waals surface area contributed by atoms with E-state index in [1.54, 1.807) is 0 Å². The molecule has 30 heavy (non-hydrogen) atoms. The third kappa shape index (κ3) is 5.63. The van der Waals surface area contributed by atoms with Gasteiger partial charge in [-0.15, -0.1) is 0 Å². The van der Waals surface area contributed by atoms with Crippen LogP contribution in [0.5, 0.6) is 0 Å². The Balaban J connectivity index is 0.000000171. The molecular formula is C20H16O10. The molecule has 0 amide bonds. The summed E-state index contributed by atoms with van der Waals surface area (Å²) in [6.07, 6.45) is 0. The first-order valence-corrected chi connectivity index (χ1v) is 8.76. The minimum atomic E-state index is -0.587. The summed E-state index contributed by atoms with van der Waals surface area (Å²) < 4.78 is 9.67. The predicted molar refractivity (Wildman–Crippen MR) is 96.2 cm³/mol. The van der Waals surface area contributed by atoms with Crippen LogP contribution in [0.25, 0.3) is 0 Å². The molecule has 0 saturated carbocycles. The average Bonchev–Trinajstić information content (AvgIpc) is 2.86. The second-order valence-electron chi connectivity index (χ2n) is 5.81. The zero-order valence-corrected chi connectivity index (χ0v) is 15.5. The first-order valence-electron chi connectivity index (χ1n) is 8.76. The third-order valence-electron chi connectivity index (χ3n) is 3.78. The van der Waals surface area contributed by atoms with Crippen molar-refractivity contribution in [3.63, 3.8) is 0 Å². The predicted octanol–water partition coefficient (Wildman–Crippen LogP) is 1.89. The first-order chi connectivity index (χ1) is 14.5. The van der Waals surface area contributed by atoms with E-state index in [0.717, 1.165) is 0 Å². The molecule has 0 saturated heterocycles. The van der Waals surface area contributed by atoms with Crippen LogP contribution in [0.1, 0.15) is 41.4 Å². The molecule has 10 nitrogen and oxygen atoms in total. The lowest BCUT2D eigenvalue weighted by Gasteiger charge is -2.02. The molecule has 0 aliphatic carbocycles. The van der Waals surface area contributed by atoms with Gasteiger partial charge in [0.1, 0.15) is 26.4 Å². The van der Waals surface area contributed by atoms with Crippen molar-refractivity contribution in [2.75, 3.05) is 26.4 Å². The minimum absolute atomic E-state index is 0.0258. The topological polar surface area (TPSA) is 124 Å².